The van der Waals surface area contributed by atoms with Crippen LogP contribution in [0, 0.1) is 32.5 Å². The number of anilines is 1. The molecule has 3 aromatic carbocycles. The van der Waals surface area contributed by atoms with E-state index < -0.39 is 5.97 Å². The summed E-state index contributed by atoms with van der Waals surface area (Å²) in [6.07, 6.45) is 15.5. The molecule has 8 bridgehead atoms. The first-order valence-electron chi connectivity index (χ1n) is 18.2. The van der Waals surface area contributed by atoms with Crippen LogP contribution in [0.5, 0.6) is 17.2 Å². The Morgan fingerprint density at radius 3 is 1.42 bits per heavy atom. The fourth-order valence-electron chi connectivity index (χ4n) is 15.7. The van der Waals surface area contributed by atoms with Crippen molar-refractivity contribution in [2.75, 3.05) is 5.73 Å². The predicted octanol–water partition coefficient (Wildman–Crippen LogP) is 10.4. The maximum Gasteiger partial charge on any atom is 0.335 e. The van der Waals surface area contributed by atoms with Crippen LogP contribution in [-0.2, 0) is 10.8 Å². The molecule has 8 aliphatic carbocycles. The van der Waals surface area contributed by atoms with Gasteiger partial charge in [0.1, 0.15) is 17.2 Å². The number of phenolic OH excluding ortho intramolecular Hbond substituents is 1. The van der Waals surface area contributed by atoms with E-state index >= 15 is 0 Å². The Balaban J connectivity index is 1.11. The number of hydrogen-bond donors (Lipinski definition) is 3. The maximum absolute atomic E-state index is 11.8. The molecule has 48 heavy (non-hydrogen) atoms. The first-order chi connectivity index (χ1) is 22.5. The van der Waals surface area contributed by atoms with Gasteiger partial charge in [-0.05, 0) is 168 Å². The van der Waals surface area contributed by atoms with Crippen LogP contribution < -0.4 is 10.5 Å². The Kier molecular flexibility index (Phi) is 5.86. The number of rotatable bonds is 6. The molecule has 0 aromatic heterocycles. The summed E-state index contributed by atoms with van der Waals surface area (Å²) < 4.78 is 6.16. The van der Waals surface area contributed by atoms with Crippen molar-refractivity contribution >= 4 is 11.7 Å². The summed E-state index contributed by atoms with van der Waals surface area (Å²) in [6.45, 7) is 10.5. The molecule has 4 N–H and O–H groups in total. The van der Waals surface area contributed by atoms with Crippen molar-refractivity contribution in [3.63, 3.8) is 0 Å². The fourth-order valence-corrected chi connectivity index (χ4v) is 15.7. The first-order valence-corrected chi connectivity index (χ1v) is 18.2. The summed E-state index contributed by atoms with van der Waals surface area (Å²) in [7, 11) is 0. The quantitative estimate of drug-likeness (QED) is 0.183. The van der Waals surface area contributed by atoms with Gasteiger partial charge in [0.15, 0.2) is 0 Å². The maximum atomic E-state index is 11.8. The molecule has 0 spiro atoms. The SMILES string of the molecule is CC12CC3(C)CC(c4ccc(Oc5ccc(N)c(O)c5)cc4)(C1)CC(C14CC5(C)CC(C)(CC(c6ccc(C(=O)O)cc6)(C5)C1)C4)(C2)C3. The molecule has 0 amide bonds. The molecule has 0 aliphatic heterocycles. The van der Waals surface area contributed by atoms with Crippen LogP contribution in [0.4, 0.5) is 5.69 Å². The number of carboxylic acid groups (broad SMARTS) is 1. The summed E-state index contributed by atoms with van der Waals surface area (Å²) in [5.41, 5.74) is 11.5. The first kappa shape index (κ1) is 30.6. The highest BCUT2D eigenvalue weighted by Gasteiger charge is 2.76. The third-order valence-electron chi connectivity index (χ3n) is 14.8. The molecule has 5 heteroatoms. The van der Waals surface area contributed by atoms with Crippen molar-refractivity contribution in [1.29, 1.82) is 0 Å². The van der Waals surface area contributed by atoms with Crippen LogP contribution in [0.15, 0.2) is 66.7 Å². The second kappa shape index (κ2) is 9.20. The average molecular weight is 646 g/mol. The molecule has 0 heterocycles. The summed E-state index contributed by atoms with van der Waals surface area (Å²) in [4.78, 5) is 11.8. The lowest BCUT2D eigenvalue weighted by atomic mass is 9.24. The molecule has 0 saturated heterocycles. The van der Waals surface area contributed by atoms with Gasteiger partial charge in [-0.25, -0.2) is 4.79 Å². The van der Waals surface area contributed by atoms with E-state index in [1.165, 1.54) is 88.2 Å². The Hall–Kier alpha value is -3.47. The highest BCUT2D eigenvalue weighted by Crippen LogP contribution is 2.85. The van der Waals surface area contributed by atoms with Gasteiger partial charge >= 0.3 is 5.97 Å². The minimum absolute atomic E-state index is 0.0379. The molecule has 5 nitrogen and oxygen atoms in total. The number of phenols is 1. The van der Waals surface area contributed by atoms with Gasteiger partial charge in [-0.2, -0.15) is 0 Å². The Morgan fingerprint density at radius 1 is 0.583 bits per heavy atom. The van der Waals surface area contributed by atoms with Gasteiger partial charge in [0.2, 0.25) is 0 Å². The molecule has 3 aromatic rings. The third kappa shape index (κ3) is 4.31. The van der Waals surface area contributed by atoms with Gasteiger partial charge in [-0.1, -0.05) is 52.0 Å². The van der Waals surface area contributed by atoms with Crippen LogP contribution in [0.25, 0.3) is 0 Å². The monoisotopic (exact) mass is 645 g/mol. The zero-order chi connectivity index (χ0) is 33.6. The second-order valence-electron chi connectivity index (χ2n) is 19.7. The summed E-state index contributed by atoms with van der Waals surface area (Å²) in [5.74, 6) is 0.555. The predicted molar refractivity (Wildman–Crippen MR) is 188 cm³/mol. The number of aromatic hydroxyl groups is 1. The fraction of sp³-hybridized carbons (Fsp3) is 0.558. The minimum Gasteiger partial charge on any atom is -0.506 e. The topological polar surface area (TPSA) is 92.8 Å². The molecule has 252 valence electrons. The lowest BCUT2D eigenvalue weighted by Crippen LogP contribution is -2.71. The molecule has 0 radical (unpaired) electrons. The number of carboxylic acids is 1. The van der Waals surface area contributed by atoms with E-state index in [9.17, 15) is 15.0 Å². The Morgan fingerprint density at radius 2 is 1.00 bits per heavy atom. The minimum atomic E-state index is -0.841. The zero-order valence-electron chi connectivity index (χ0n) is 29.1. The van der Waals surface area contributed by atoms with E-state index in [1.54, 1.807) is 18.2 Å². The van der Waals surface area contributed by atoms with E-state index in [0.717, 1.165) is 5.75 Å². The largest absolute Gasteiger partial charge is 0.506 e. The normalized spacial score (nSPS) is 43.4. The zero-order valence-corrected chi connectivity index (χ0v) is 29.1. The lowest BCUT2D eigenvalue weighted by molar-refractivity contribution is -0.275. The van der Waals surface area contributed by atoms with Crippen molar-refractivity contribution < 1.29 is 19.7 Å². The number of hydrogen-bond acceptors (Lipinski definition) is 4. The summed E-state index contributed by atoms with van der Waals surface area (Å²) in [5, 5.41) is 19.8. The molecule has 11 rings (SSSR count). The van der Waals surface area contributed by atoms with Crippen molar-refractivity contribution in [3.8, 4) is 17.2 Å². The van der Waals surface area contributed by atoms with Crippen molar-refractivity contribution in [3.05, 3.63) is 83.4 Å². The second-order valence-corrected chi connectivity index (χ2v) is 19.7. The average Bonchev–Trinajstić information content (AvgIpc) is 2.96. The smallest absolute Gasteiger partial charge is 0.335 e. The van der Waals surface area contributed by atoms with Crippen LogP contribution in [0.2, 0.25) is 0 Å². The van der Waals surface area contributed by atoms with Gasteiger partial charge in [-0.3, -0.25) is 0 Å². The van der Waals surface area contributed by atoms with E-state index in [2.05, 4.69) is 64.1 Å². The molecular formula is C43H51NO4. The Bertz CT molecular complexity index is 1810. The standard InChI is InChI=1S/C43H51NO4/c1-36-16-37(2)19-40(18-36,29-7-5-28(6-8-29)35(46)47)26-42(22-36,23-37)43-24-38(3)17-39(4,25-43)21-41(20-38,27-43)30-9-11-31(12-10-30)48-32-13-14-33(44)34(45)15-32/h5-15,45H,16-27,44H2,1-4H3,(H,46,47). The summed E-state index contributed by atoms with van der Waals surface area (Å²) >= 11 is 0. The molecular weight excluding hydrogens is 594 g/mol. The Labute approximate surface area is 285 Å². The van der Waals surface area contributed by atoms with E-state index in [0.29, 0.717) is 38.7 Å². The highest BCUT2D eigenvalue weighted by atomic mass is 16.5. The highest BCUT2D eigenvalue weighted by molar-refractivity contribution is 5.87. The molecule has 8 saturated carbocycles. The number of aromatic carboxylic acids is 1. The molecule has 8 fully saturated rings. The number of benzene rings is 3. The van der Waals surface area contributed by atoms with Crippen LogP contribution >= 0.6 is 0 Å². The third-order valence-corrected chi connectivity index (χ3v) is 14.8. The van der Waals surface area contributed by atoms with Gasteiger partial charge in [-0.15, -0.1) is 0 Å². The van der Waals surface area contributed by atoms with E-state index in [-0.39, 0.29) is 27.4 Å². The number of carbonyl (C=O) groups is 1. The van der Waals surface area contributed by atoms with E-state index in [1.807, 2.05) is 12.1 Å². The van der Waals surface area contributed by atoms with Crippen LogP contribution in [-0.4, -0.2) is 16.2 Å². The lowest BCUT2D eigenvalue weighted by Gasteiger charge is -2.80. The number of nitrogen functional groups attached to an aromatic ring is 1. The van der Waals surface area contributed by atoms with E-state index in [4.69, 9.17) is 10.5 Å². The number of nitrogens with two attached hydrogens (primary N) is 1. The van der Waals surface area contributed by atoms with Crippen molar-refractivity contribution in [2.45, 2.75) is 116 Å². The van der Waals surface area contributed by atoms with Crippen molar-refractivity contribution in [2.24, 2.45) is 32.5 Å². The van der Waals surface area contributed by atoms with Crippen LogP contribution in [0.3, 0.4) is 0 Å². The van der Waals surface area contributed by atoms with Crippen molar-refractivity contribution in [1.82, 2.24) is 0 Å². The van der Waals surface area contributed by atoms with Gasteiger partial charge in [0, 0.05) is 6.07 Å². The molecule has 4 atom stereocenters. The molecule has 4 unspecified atom stereocenters. The van der Waals surface area contributed by atoms with Crippen LogP contribution in [0.1, 0.15) is 126 Å². The molecule has 8 aliphatic rings. The summed E-state index contributed by atoms with van der Waals surface area (Å²) in [6, 6.07) is 22.1. The van der Waals surface area contributed by atoms with Gasteiger partial charge in [0.05, 0.1) is 11.3 Å². The van der Waals surface area contributed by atoms with Gasteiger partial charge in [0.25, 0.3) is 0 Å². The van der Waals surface area contributed by atoms with Gasteiger partial charge < -0.3 is 20.7 Å². The number of ether oxygens (including phenoxy) is 1.